The van der Waals surface area contributed by atoms with E-state index in [1.54, 1.807) is 0 Å². The Kier molecular flexibility index (Phi) is 8.94. The van der Waals surface area contributed by atoms with E-state index in [0.29, 0.717) is 13.0 Å². The molecule has 0 aromatic heterocycles. The Hall–Kier alpha value is -1.83. The molecule has 2 nitrogen and oxygen atoms in total. The highest BCUT2D eigenvalue weighted by atomic mass is 16.5. The summed E-state index contributed by atoms with van der Waals surface area (Å²) in [5, 5.41) is 0. The molecule has 0 N–H and O–H groups in total. The fourth-order valence-electron chi connectivity index (χ4n) is 1.96. The molecular weight excluding hydrogens is 260 g/mol. The van der Waals surface area contributed by atoms with E-state index in [1.807, 2.05) is 55.5 Å². The summed E-state index contributed by atoms with van der Waals surface area (Å²) in [4.78, 5) is 11.9. The first-order valence-electron chi connectivity index (χ1n) is 7.87. The molecule has 21 heavy (non-hydrogen) atoms. The van der Waals surface area contributed by atoms with Crippen LogP contribution in [0.1, 0.15) is 51.5 Å². The van der Waals surface area contributed by atoms with Crippen LogP contribution in [0.3, 0.4) is 0 Å². The SMILES string of the molecule is CCCCCCOC(=O)C(=CC=Cc1ccccc1)CC. The largest absolute Gasteiger partial charge is 0.462 e. The van der Waals surface area contributed by atoms with Gasteiger partial charge in [0.25, 0.3) is 0 Å². The van der Waals surface area contributed by atoms with Gasteiger partial charge in [-0.05, 0) is 18.4 Å². The molecule has 0 aliphatic heterocycles. The Morgan fingerprint density at radius 1 is 1.10 bits per heavy atom. The second-order valence-electron chi connectivity index (χ2n) is 5.01. The Labute approximate surface area is 128 Å². The maximum absolute atomic E-state index is 11.9. The van der Waals surface area contributed by atoms with E-state index in [4.69, 9.17) is 4.74 Å². The third kappa shape index (κ3) is 7.50. The number of ether oxygens (including phenoxy) is 1. The maximum Gasteiger partial charge on any atom is 0.333 e. The summed E-state index contributed by atoms with van der Waals surface area (Å²) in [5.41, 5.74) is 1.84. The number of hydrogen-bond donors (Lipinski definition) is 0. The Morgan fingerprint density at radius 3 is 2.52 bits per heavy atom. The van der Waals surface area contributed by atoms with E-state index in [2.05, 4.69) is 6.92 Å². The average molecular weight is 286 g/mol. The number of carbonyl (C=O) groups excluding carboxylic acids is 1. The third-order valence-electron chi connectivity index (χ3n) is 3.26. The minimum atomic E-state index is -0.188. The lowest BCUT2D eigenvalue weighted by Gasteiger charge is -2.05. The van der Waals surface area contributed by atoms with Crippen molar-refractivity contribution in [2.45, 2.75) is 46.0 Å². The molecule has 0 fully saturated rings. The Bertz CT molecular complexity index is 458. The second kappa shape index (κ2) is 10.9. The number of benzene rings is 1. The molecule has 0 saturated heterocycles. The molecule has 114 valence electrons. The van der Waals surface area contributed by atoms with E-state index >= 15 is 0 Å². The summed E-state index contributed by atoms with van der Waals surface area (Å²) in [6.45, 7) is 4.67. The van der Waals surface area contributed by atoms with Crippen LogP contribution in [0, 0.1) is 0 Å². The maximum atomic E-state index is 11.9. The van der Waals surface area contributed by atoms with Crippen molar-refractivity contribution >= 4 is 12.0 Å². The summed E-state index contributed by atoms with van der Waals surface area (Å²) in [6, 6.07) is 10.0. The predicted octanol–water partition coefficient (Wildman–Crippen LogP) is 5.16. The zero-order chi connectivity index (χ0) is 15.3. The Morgan fingerprint density at radius 2 is 1.86 bits per heavy atom. The molecule has 1 rings (SSSR count). The number of hydrogen-bond acceptors (Lipinski definition) is 2. The van der Waals surface area contributed by atoms with Gasteiger partial charge in [-0.25, -0.2) is 4.79 Å². The lowest BCUT2D eigenvalue weighted by atomic mass is 10.1. The number of carbonyl (C=O) groups is 1. The fourth-order valence-corrected chi connectivity index (χ4v) is 1.96. The van der Waals surface area contributed by atoms with Crippen LogP contribution < -0.4 is 0 Å². The van der Waals surface area contributed by atoms with E-state index in [1.165, 1.54) is 12.8 Å². The van der Waals surface area contributed by atoms with Gasteiger partial charge in [-0.3, -0.25) is 0 Å². The van der Waals surface area contributed by atoms with E-state index < -0.39 is 0 Å². The molecular formula is C19H26O2. The molecule has 0 bridgehead atoms. The van der Waals surface area contributed by atoms with Crippen LogP contribution in [0.5, 0.6) is 0 Å². The molecule has 2 heteroatoms. The molecule has 0 atom stereocenters. The van der Waals surface area contributed by atoms with Gasteiger partial charge in [0, 0.05) is 5.57 Å². The highest BCUT2D eigenvalue weighted by Crippen LogP contribution is 2.08. The van der Waals surface area contributed by atoms with E-state index in [9.17, 15) is 4.79 Å². The highest BCUT2D eigenvalue weighted by molar-refractivity contribution is 5.88. The summed E-state index contributed by atoms with van der Waals surface area (Å²) in [7, 11) is 0. The van der Waals surface area contributed by atoms with Gasteiger partial charge in [0.15, 0.2) is 0 Å². The summed E-state index contributed by atoms with van der Waals surface area (Å²) in [5.74, 6) is -0.188. The first-order valence-corrected chi connectivity index (χ1v) is 7.87. The second-order valence-corrected chi connectivity index (χ2v) is 5.01. The van der Waals surface area contributed by atoms with Gasteiger partial charge >= 0.3 is 5.97 Å². The molecule has 0 amide bonds. The summed E-state index contributed by atoms with van der Waals surface area (Å²) in [6.07, 6.45) is 10.9. The average Bonchev–Trinajstić information content (AvgIpc) is 2.52. The zero-order valence-electron chi connectivity index (χ0n) is 13.2. The number of rotatable bonds is 9. The number of allylic oxidation sites excluding steroid dienone is 2. The van der Waals surface area contributed by atoms with Crippen molar-refractivity contribution in [1.82, 2.24) is 0 Å². The van der Waals surface area contributed by atoms with Gasteiger partial charge in [-0.1, -0.05) is 81.7 Å². The normalized spacial score (nSPS) is 11.8. The van der Waals surface area contributed by atoms with Crippen molar-refractivity contribution in [1.29, 1.82) is 0 Å². The molecule has 0 aliphatic carbocycles. The smallest absolute Gasteiger partial charge is 0.333 e. The van der Waals surface area contributed by atoms with Gasteiger partial charge in [0.2, 0.25) is 0 Å². The fraction of sp³-hybridized carbons (Fsp3) is 0.421. The van der Waals surface area contributed by atoms with Crippen molar-refractivity contribution in [2.75, 3.05) is 6.61 Å². The van der Waals surface area contributed by atoms with Gasteiger partial charge in [0.05, 0.1) is 6.61 Å². The lowest BCUT2D eigenvalue weighted by Crippen LogP contribution is -2.08. The molecule has 0 radical (unpaired) electrons. The van der Waals surface area contributed by atoms with E-state index in [-0.39, 0.29) is 5.97 Å². The van der Waals surface area contributed by atoms with Crippen LogP contribution in [0.25, 0.3) is 6.08 Å². The first-order chi connectivity index (χ1) is 10.3. The van der Waals surface area contributed by atoms with Gasteiger partial charge in [0.1, 0.15) is 0 Å². The van der Waals surface area contributed by atoms with Crippen LogP contribution in [0.2, 0.25) is 0 Å². The summed E-state index contributed by atoms with van der Waals surface area (Å²) >= 11 is 0. The van der Waals surface area contributed by atoms with Gasteiger partial charge in [-0.2, -0.15) is 0 Å². The highest BCUT2D eigenvalue weighted by Gasteiger charge is 2.07. The first kappa shape index (κ1) is 17.2. The van der Waals surface area contributed by atoms with Crippen LogP contribution in [0.15, 0.2) is 48.1 Å². The minimum absolute atomic E-state index is 0.188. The minimum Gasteiger partial charge on any atom is -0.462 e. The van der Waals surface area contributed by atoms with Crippen molar-refractivity contribution in [3.8, 4) is 0 Å². The van der Waals surface area contributed by atoms with Crippen LogP contribution >= 0.6 is 0 Å². The van der Waals surface area contributed by atoms with Gasteiger partial charge in [-0.15, -0.1) is 0 Å². The quantitative estimate of drug-likeness (QED) is 0.271. The Balaban J connectivity index is 2.43. The lowest BCUT2D eigenvalue weighted by molar-refractivity contribution is -0.139. The zero-order valence-corrected chi connectivity index (χ0v) is 13.2. The number of esters is 1. The molecule has 0 aliphatic rings. The van der Waals surface area contributed by atoms with Gasteiger partial charge < -0.3 is 4.74 Å². The molecule has 0 saturated carbocycles. The molecule has 1 aromatic rings. The molecule has 0 unspecified atom stereocenters. The van der Waals surface area contributed by atoms with Crippen LogP contribution in [-0.2, 0) is 9.53 Å². The van der Waals surface area contributed by atoms with Crippen LogP contribution in [0.4, 0.5) is 0 Å². The van der Waals surface area contributed by atoms with Crippen molar-refractivity contribution in [2.24, 2.45) is 0 Å². The monoisotopic (exact) mass is 286 g/mol. The summed E-state index contributed by atoms with van der Waals surface area (Å²) < 4.78 is 5.30. The van der Waals surface area contributed by atoms with Crippen LogP contribution in [-0.4, -0.2) is 12.6 Å². The standard InChI is InChI=1S/C19H26O2/c1-3-5-6-10-16-21-19(20)18(4-2)15-11-14-17-12-8-7-9-13-17/h7-9,11-15H,3-6,10,16H2,1-2H3. The van der Waals surface area contributed by atoms with Crippen molar-refractivity contribution in [3.05, 3.63) is 53.6 Å². The third-order valence-corrected chi connectivity index (χ3v) is 3.26. The molecule has 0 spiro atoms. The van der Waals surface area contributed by atoms with Crippen molar-refractivity contribution < 1.29 is 9.53 Å². The molecule has 0 heterocycles. The predicted molar refractivity (Wildman–Crippen MR) is 89.0 cm³/mol. The van der Waals surface area contributed by atoms with Crippen molar-refractivity contribution in [3.63, 3.8) is 0 Å². The molecule has 1 aromatic carbocycles. The van der Waals surface area contributed by atoms with E-state index in [0.717, 1.165) is 24.0 Å². The topological polar surface area (TPSA) is 26.3 Å². The number of unbranched alkanes of at least 4 members (excludes halogenated alkanes) is 3.